The molecule has 5 aliphatic carbocycles. The lowest BCUT2D eigenvalue weighted by atomic mass is 9.90. The van der Waals surface area contributed by atoms with Gasteiger partial charge in [-0.1, -0.05) is 111 Å². The normalized spacial score (nSPS) is 26.5. The standard InChI is InChI=1S/C38H58NP2/c1-39(2)38(36-27-16-28-37(36)41(33-22-11-5-12-23-33)34-24-13-6-14-25-34)30-17-15-26-35(29-30)40(31-18-7-3-8-19-31)32-20-9-4-10-21-32/h15-17,26-29,31-34,38H,3-14,18-25H2,1-2H3. The molecule has 1 unspecified atom stereocenters. The molecule has 1 aromatic carbocycles. The van der Waals surface area contributed by atoms with Crippen LogP contribution in [0.1, 0.15) is 140 Å². The molecule has 0 bridgehead atoms. The van der Waals surface area contributed by atoms with Gasteiger partial charge in [-0.05, 0) is 124 Å². The van der Waals surface area contributed by atoms with Gasteiger partial charge >= 0.3 is 0 Å². The Hall–Kier alpha value is 0.0400. The van der Waals surface area contributed by atoms with Crippen molar-refractivity contribution in [1.82, 2.24) is 4.90 Å². The summed E-state index contributed by atoms with van der Waals surface area (Å²) in [6.07, 6.45) is 37.1. The fraction of sp³-hybridized carbons (Fsp3) is 0.711. The third-order valence-electron chi connectivity index (χ3n) is 11.3. The Balaban J connectivity index is 1.30. The number of hydrogen-bond donors (Lipinski definition) is 0. The van der Waals surface area contributed by atoms with Crippen molar-refractivity contribution in [2.24, 2.45) is 0 Å². The van der Waals surface area contributed by atoms with Gasteiger partial charge < -0.3 is 4.90 Å². The Labute approximate surface area is 257 Å². The van der Waals surface area contributed by atoms with Gasteiger partial charge in [-0.25, -0.2) is 0 Å². The predicted octanol–water partition coefficient (Wildman–Crippen LogP) is 10.9. The molecule has 1 atom stereocenters. The van der Waals surface area contributed by atoms with E-state index < -0.39 is 0 Å². The van der Waals surface area contributed by atoms with Crippen molar-refractivity contribution in [3.05, 3.63) is 60.7 Å². The largest absolute Gasteiger partial charge is 0.302 e. The van der Waals surface area contributed by atoms with Crippen LogP contribution in [0.15, 0.2) is 24.3 Å². The summed E-state index contributed by atoms with van der Waals surface area (Å²) in [6, 6.07) is 10.6. The molecule has 1 nitrogen and oxygen atoms in total. The molecule has 5 saturated carbocycles. The summed E-state index contributed by atoms with van der Waals surface area (Å²) >= 11 is 0. The highest BCUT2D eigenvalue weighted by molar-refractivity contribution is 7.67. The zero-order valence-electron chi connectivity index (χ0n) is 26.4. The van der Waals surface area contributed by atoms with E-state index in [9.17, 15) is 0 Å². The van der Waals surface area contributed by atoms with Gasteiger partial charge in [0.15, 0.2) is 0 Å². The van der Waals surface area contributed by atoms with Crippen LogP contribution in [0.5, 0.6) is 0 Å². The maximum absolute atomic E-state index is 2.74. The maximum Gasteiger partial charge on any atom is 0.0417 e. The Morgan fingerprint density at radius 2 is 1.05 bits per heavy atom. The summed E-state index contributed by atoms with van der Waals surface area (Å²) in [5.74, 6) is 1.66. The SMILES string of the molecule is CN(C)C([C]1[CH][CH][CH][C]1P(C1CCCCC1)C1CCCCC1)c1cccc(P(C2CCCCC2)C2CCCCC2)c1. The van der Waals surface area contributed by atoms with E-state index in [1.54, 1.807) is 22.4 Å². The molecule has 5 fully saturated rings. The van der Waals surface area contributed by atoms with Crippen LogP contribution >= 0.6 is 15.8 Å². The zero-order chi connectivity index (χ0) is 28.0. The van der Waals surface area contributed by atoms with Gasteiger partial charge in [0.05, 0.1) is 0 Å². The van der Waals surface area contributed by atoms with Crippen LogP contribution < -0.4 is 5.30 Å². The van der Waals surface area contributed by atoms with Crippen LogP contribution in [-0.4, -0.2) is 41.6 Å². The zero-order valence-corrected chi connectivity index (χ0v) is 28.2. The van der Waals surface area contributed by atoms with E-state index in [1.807, 2.05) is 0 Å². The van der Waals surface area contributed by atoms with Gasteiger partial charge in [0, 0.05) is 17.6 Å². The Morgan fingerprint density at radius 3 is 1.51 bits per heavy atom. The monoisotopic (exact) mass is 590 g/mol. The second-order valence-corrected chi connectivity index (χ2v) is 19.9. The minimum atomic E-state index is -0.0867. The summed E-state index contributed by atoms with van der Waals surface area (Å²) in [4.78, 5) is 2.55. The number of hydrogen-bond acceptors (Lipinski definition) is 1. The summed E-state index contributed by atoms with van der Waals surface area (Å²) in [6.45, 7) is 0. The third-order valence-corrected chi connectivity index (χ3v) is 18.3. The Kier molecular flexibility index (Phi) is 11.6. The van der Waals surface area contributed by atoms with Crippen LogP contribution in [0.3, 0.4) is 0 Å². The molecule has 0 aliphatic heterocycles. The first kappa shape index (κ1) is 31.0. The van der Waals surface area contributed by atoms with Crippen molar-refractivity contribution in [2.75, 3.05) is 14.1 Å². The highest BCUT2D eigenvalue weighted by Gasteiger charge is 2.46. The fourth-order valence-electron chi connectivity index (χ4n) is 9.35. The molecule has 5 radical (unpaired) electrons. The Morgan fingerprint density at radius 1 is 0.585 bits per heavy atom. The summed E-state index contributed by atoms with van der Waals surface area (Å²) in [5, 5.41) is 1.75. The van der Waals surface area contributed by atoms with E-state index in [0.29, 0.717) is 6.04 Å². The molecule has 225 valence electrons. The van der Waals surface area contributed by atoms with E-state index in [-0.39, 0.29) is 15.8 Å². The molecule has 5 aliphatic rings. The highest BCUT2D eigenvalue weighted by atomic mass is 31.1. The molecule has 0 N–H and O–H groups in total. The molecule has 0 spiro atoms. The third kappa shape index (κ3) is 7.48. The van der Waals surface area contributed by atoms with Crippen molar-refractivity contribution in [3.63, 3.8) is 0 Å². The van der Waals surface area contributed by atoms with Crippen LogP contribution in [-0.2, 0) is 0 Å². The predicted molar refractivity (Wildman–Crippen MR) is 183 cm³/mol. The fourth-order valence-corrected chi connectivity index (χ4v) is 17.2. The van der Waals surface area contributed by atoms with Gasteiger partial charge in [-0.3, -0.25) is 0 Å². The van der Waals surface area contributed by atoms with Gasteiger partial charge in [0.2, 0.25) is 0 Å². The van der Waals surface area contributed by atoms with Crippen LogP contribution in [0, 0.1) is 30.8 Å². The average Bonchev–Trinajstić information content (AvgIpc) is 3.48. The van der Waals surface area contributed by atoms with E-state index in [0.717, 1.165) is 22.6 Å². The summed E-state index contributed by atoms with van der Waals surface area (Å²) < 4.78 is 0. The van der Waals surface area contributed by atoms with Crippen molar-refractivity contribution >= 4 is 21.1 Å². The van der Waals surface area contributed by atoms with Gasteiger partial charge in [-0.15, -0.1) is 0 Å². The smallest absolute Gasteiger partial charge is 0.0417 e. The minimum Gasteiger partial charge on any atom is -0.302 e. The van der Waals surface area contributed by atoms with Gasteiger partial charge in [-0.2, -0.15) is 0 Å². The lowest BCUT2D eigenvalue weighted by Crippen LogP contribution is -2.32. The Bertz CT molecular complexity index is 871. The van der Waals surface area contributed by atoms with Crippen LogP contribution in [0.2, 0.25) is 0 Å². The topological polar surface area (TPSA) is 3.24 Å². The van der Waals surface area contributed by atoms with Crippen molar-refractivity contribution < 1.29 is 0 Å². The maximum atomic E-state index is 2.74. The van der Waals surface area contributed by atoms with Crippen LogP contribution in [0.25, 0.3) is 0 Å². The van der Waals surface area contributed by atoms with Gasteiger partial charge in [0.25, 0.3) is 0 Å². The molecule has 0 amide bonds. The molecular weight excluding hydrogens is 532 g/mol. The average molecular weight is 591 g/mol. The van der Waals surface area contributed by atoms with E-state index in [1.165, 1.54) is 128 Å². The van der Waals surface area contributed by atoms with Crippen molar-refractivity contribution in [2.45, 2.75) is 157 Å². The molecule has 3 heteroatoms. The second kappa shape index (κ2) is 15.4. The second-order valence-electron chi connectivity index (χ2n) is 14.3. The molecule has 0 heterocycles. The first-order valence-corrected chi connectivity index (χ1v) is 20.8. The summed E-state index contributed by atoms with van der Waals surface area (Å²) in [7, 11) is 4.55. The first-order chi connectivity index (χ1) is 20.2. The molecule has 41 heavy (non-hydrogen) atoms. The van der Waals surface area contributed by atoms with Crippen molar-refractivity contribution in [1.29, 1.82) is 0 Å². The molecule has 6 rings (SSSR count). The first-order valence-electron chi connectivity index (χ1n) is 17.8. The lowest BCUT2D eigenvalue weighted by molar-refractivity contribution is 0.319. The van der Waals surface area contributed by atoms with E-state index >= 15 is 0 Å². The summed E-state index contributed by atoms with van der Waals surface area (Å²) in [5.41, 5.74) is 7.22. The molecule has 0 saturated heterocycles. The minimum absolute atomic E-state index is 0.0650. The number of rotatable bonds is 9. The lowest BCUT2D eigenvalue weighted by Gasteiger charge is -2.45. The number of benzene rings is 1. The van der Waals surface area contributed by atoms with E-state index in [2.05, 4.69) is 62.5 Å². The van der Waals surface area contributed by atoms with Crippen molar-refractivity contribution in [3.8, 4) is 0 Å². The number of nitrogens with zero attached hydrogens (tertiary/aromatic N) is 1. The van der Waals surface area contributed by atoms with E-state index in [4.69, 9.17) is 0 Å². The molecule has 0 aromatic heterocycles. The molecule has 1 aromatic rings. The van der Waals surface area contributed by atoms with Gasteiger partial charge in [0.1, 0.15) is 0 Å². The highest BCUT2D eigenvalue weighted by Crippen LogP contribution is 2.69. The molecular formula is C38H58NP2. The quantitative estimate of drug-likeness (QED) is 0.259. The van der Waals surface area contributed by atoms with Crippen LogP contribution in [0.4, 0.5) is 0 Å².